The number of nitrogens with zero attached hydrogens (tertiary/aromatic N) is 2. The second-order valence-corrected chi connectivity index (χ2v) is 6.74. The van der Waals surface area contributed by atoms with Crippen LogP contribution < -0.4 is 5.32 Å². The molecule has 1 atom stereocenters. The van der Waals surface area contributed by atoms with Crippen LogP contribution in [0.2, 0.25) is 0 Å². The van der Waals surface area contributed by atoms with Gasteiger partial charge in [-0.25, -0.2) is 19.0 Å². The number of carbonyl (C=O) groups excluding carboxylic acids is 2. The highest BCUT2D eigenvalue weighted by Crippen LogP contribution is 2.21. The van der Waals surface area contributed by atoms with Crippen LogP contribution in [0.25, 0.3) is 0 Å². The Balaban J connectivity index is 2.18. The van der Waals surface area contributed by atoms with Crippen molar-refractivity contribution >= 4 is 23.7 Å². The minimum Gasteiger partial charge on any atom is -0.478 e. The number of benzene rings is 1. The molecule has 1 unspecified atom stereocenters. The van der Waals surface area contributed by atoms with Crippen molar-refractivity contribution in [3.63, 3.8) is 0 Å². The van der Waals surface area contributed by atoms with E-state index in [0.29, 0.717) is 6.42 Å². The van der Waals surface area contributed by atoms with E-state index in [1.807, 2.05) is 0 Å². The number of ether oxygens (including phenoxy) is 1. The number of nitrogens with one attached hydrogen (secondary N) is 1. The van der Waals surface area contributed by atoms with E-state index in [1.165, 1.54) is 18.6 Å². The third kappa shape index (κ3) is 5.88. The Kier molecular flexibility index (Phi) is 8.52. The lowest BCUT2D eigenvalue weighted by Crippen LogP contribution is -2.21. The Morgan fingerprint density at radius 2 is 2.00 bits per heavy atom. The Morgan fingerprint density at radius 3 is 2.67 bits per heavy atom. The molecule has 8 nitrogen and oxygen atoms in total. The van der Waals surface area contributed by atoms with E-state index in [9.17, 15) is 23.9 Å². The number of unbranched alkanes of at least 4 members (excludes halogenated alkanes) is 3. The zero-order chi connectivity index (χ0) is 22.1. The second kappa shape index (κ2) is 11.1. The molecule has 0 radical (unpaired) electrons. The van der Waals surface area contributed by atoms with Crippen LogP contribution in [0.3, 0.4) is 0 Å². The Labute approximate surface area is 174 Å². The SMILES string of the molecule is CCCCCCC(C(=O)OCC)n1cnc(NC(=O)c2c(F)cccc2C(=O)O)c1. The molecule has 0 saturated carbocycles. The molecule has 30 heavy (non-hydrogen) atoms. The largest absolute Gasteiger partial charge is 0.478 e. The molecule has 2 rings (SSSR count). The van der Waals surface area contributed by atoms with Gasteiger partial charge >= 0.3 is 11.9 Å². The van der Waals surface area contributed by atoms with Crippen molar-refractivity contribution in [1.82, 2.24) is 9.55 Å². The minimum atomic E-state index is -1.42. The summed E-state index contributed by atoms with van der Waals surface area (Å²) >= 11 is 0. The quantitative estimate of drug-likeness (QED) is 0.420. The molecular weight excluding hydrogens is 393 g/mol. The minimum absolute atomic E-state index is 0.0717. The fraction of sp³-hybridized carbons (Fsp3) is 0.429. The molecule has 1 heterocycles. The third-order valence-electron chi connectivity index (χ3n) is 4.56. The molecular formula is C21H26FN3O5. The summed E-state index contributed by atoms with van der Waals surface area (Å²) < 4.78 is 20.8. The number of carbonyl (C=O) groups is 3. The number of rotatable bonds is 11. The van der Waals surface area contributed by atoms with Crippen LogP contribution in [0, 0.1) is 5.82 Å². The lowest BCUT2D eigenvalue weighted by Gasteiger charge is -2.16. The van der Waals surface area contributed by atoms with Crippen molar-refractivity contribution in [2.24, 2.45) is 0 Å². The molecule has 1 aromatic heterocycles. The lowest BCUT2D eigenvalue weighted by atomic mass is 10.1. The van der Waals surface area contributed by atoms with E-state index in [4.69, 9.17) is 4.74 Å². The highest BCUT2D eigenvalue weighted by atomic mass is 19.1. The summed E-state index contributed by atoms with van der Waals surface area (Å²) in [5, 5.41) is 11.6. The number of esters is 1. The van der Waals surface area contributed by atoms with Gasteiger partial charge in [0.15, 0.2) is 5.82 Å². The number of aromatic carboxylic acids is 1. The predicted molar refractivity (Wildman–Crippen MR) is 108 cm³/mol. The van der Waals surface area contributed by atoms with Crippen LogP contribution in [0.5, 0.6) is 0 Å². The van der Waals surface area contributed by atoms with Gasteiger partial charge in [-0.05, 0) is 25.5 Å². The summed E-state index contributed by atoms with van der Waals surface area (Å²) in [6.45, 7) is 4.06. The Bertz CT molecular complexity index is 897. The van der Waals surface area contributed by atoms with E-state index in [2.05, 4.69) is 17.2 Å². The summed E-state index contributed by atoms with van der Waals surface area (Å²) in [6, 6.07) is 2.77. The van der Waals surface area contributed by atoms with Gasteiger partial charge in [0.2, 0.25) is 0 Å². The van der Waals surface area contributed by atoms with Crippen LogP contribution >= 0.6 is 0 Å². The normalized spacial score (nSPS) is 11.7. The predicted octanol–water partition coefficient (Wildman–Crippen LogP) is 4.05. The number of hydrogen-bond acceptors (Lipinski definition) is 5. The first-order valence-corrected chi connectivity index (χ1v) is 9.92. The van der Waals surface area contributed by atoms with Gasteiger partial charge < -0.3 is 19.7 Å². The summed E-state index contributed by atoms with van der Waals surface area (Å²) in [6.07, 6.45) is 7.33. The van der Waals surface area contributed by atoms with Gasteiger partial charge in [-0.1, -0.05) is 38.7 Å². The van der Waals surface area contributed by atoms with Crippen molar-refractivity contribution in [2.45, 2.75) is 52.0 Å². The van der Waals surface area contributed by atoms with Gasteiger partial charge in [-0.2, -0.15) is 0 Å². The molecule has 0 aliphatic carbocycles. The van der Waals surface area contributed by atoms with E-state index >= 15 is 0 Å². The van der Waals surface area contributed by atoms with Crippen molar-refractivity contribution in [3.8, 4) is 0 Å². The molecule has 2 N–H and O–H groups in total. The number of amides is 1. The van der Waals surface area contributed by atoms with Gasteiger partial charge in [0.1, 0.15) is 11.9 Å². The van der Waals surface area contributed by atoms with Crippen LogP contribution in [0.4, 0.5) is 10.2 Å². The molecule has 0 bridgehead atoms. The maximum atomic E-state index is 14.1. The molecule has 0 aliphatic rings. The molecule has 162 valence electrons. The van der Waals surface area contributed by atoms with Crippen LogP contribution in [0.1, 0.15) is 72.7 Å². The Morgan fingerprint density at radius 1 is 1.23 bits per heavy atom. The first-order chi connectivity index (χ1) is 14.4. The van der Waals surface area contributed by atoms with Gasteiger partial charge in [0.25, 0.3) is 5.91 Å². The second-order valence-electron chi connectivity index (χ2n) is 6.74. The standard InChI is InChI=1S/C21H26FN3O5/c1-3-5-6-7-11-16(21(29)30-4-2)25-12-17(23-13-25)24-19(26)18-14(20(27)28)9-8-10-15(18)22/h8-10,12-13,16H,3-7,11H2,1-2H3,(H,24,26)(H,27,28). The molecule has 1 amide bonds. The maximum absolute atomic E-state index is 14.1. The number of carboxylic acid groups (broad SMARTS) is 1. The van der Waals surface area contributed by atoms with E-state index < -0.39 is 40.8 Å². The van der Waals surface area contributed by atoms with E-state index in [1.54, 1.807) is 11.5 Å². The fourth-order valence-electron chi connectivity index (χ4n) is 3.08. The van der Waals surface area contributed by atoms with Crippen LogP contribution in [0.15, 0.2) is 30.7 Å². The summed E-state index contributed by atoms with van der Waals surface area (Å²) in [7, 11) is 0. The summed E-state index contributed by atoms with van der Waals surface area (Å²) in [5.41, 5.74) is -1.03. The molecule has 0 aliphatic heterocycles. The zero-order valence-corrected chi connectivity index (χ0v) is 17.1. The van der Waals surface area contributed by atoms with Gasteiger partial charge in [0.05, 0.1) is 24.1 Å². The topological polar surface area (TPSA) is 111 Å². The monoisotopic (exact) mass is 419 g/mol. The van der Waals surface area contributed by atoms with Crippen molar-refractivity contribution in [2.75, 3.05) is 11.9 Å². The van der Waals surface area contributed by atoms with Gasteiger partial charge in [-0.15, -0.1) is 0 Å². The number of aromatic nitrogens is 2. The first kappa shape index (κ1) is 23.1. The molecule has 9 heteroatoms. The highest BCUT2D eigenvalue weighted by Gasteiger charge is 2.24. The first-order valence-electron chi connectivity index (χ1n) is 9.92. The molecule has 2 aromatic rings. The number of imidazole rings is 1. The fourth-order valence-corrected chi connectivity index (χ4v) is 3.08. The molecule has 0 saturated heterocycles. The number of carboxylic acids is 1. The number of halogens is 1. The summed E-state index contributed by atoms with van der Waals surface area (Å²) in [5.74, 6) is -3.63. The number of anilines is 1. The zero-order valence-electron chi connectivity index (χ0n) is 17.1. The van der Waals surface area contributed by atoms with Crippen molar-refractivity contribution in [1.29, 1.82) is 0 Å². The van der Waals surface area contributed by atoms with E-state index in [0.717, 1.165) is 37.8 Å². The van der Waals surface area contributed by atoms with Crippen LogP contribution in [-0.4, -0.2) is 39.1 Å². The van der Waals surface area contributed by atoms with E-state index in [-0.39, 0.29) is 12.4 Å². The van der Waals surface area contributed by atoms with Crippen LogP contribution in [-0.2, 0) is 9.53 Å². The maximum Gasteiger partial charge on any atom is 0.336 e. The number of hydrogen-bond donors (Lipinski definition) is 2. The lowest BCUT2D eigenvalue weighted by molar-refractivity contribution is -0.147. The summed E-state index contributed by atoms with van der Waals surface area (Å²) in [4.78, 5) is 40.2. The molecule has 0 spiro atoms. The average molecular weight is 419 g/mol. The molecule has 1 aromatic carbocycles. The van der Waals surface area contributed by atoms with Crippen molar-refractivity contribution in [3.05, 3.63) is 47.7 Å². The van der Waals surface area contributed by atoms with Gasteiger partial charge in [0, 0.05) is 6.20 Å². The smallest absolute Gasteiger partial charge is 0.336 e. The van der Waals surface area contributed by atoms with Gasteiger partial charge in [-0.3, -0.25) is 4.79 Å². The highest BCUT2D eigenvalue weighted by molar-refractivity contribution is 6.10. The Hall–Kier alpha value is -3.23. The third-order valence-corrected chi connectivity index (χ3v) is 4.56. The average Bonchev–Trinajstić information content (AvgIpc) is 3.15. The molecule has 0 fully saturated rings. The van der Waals surface area contributed by atoms with Crippen molar-refractivity contribution < 1.29 is 28.6 Å².